The first-order valence-corrected chi connectivity index (χ1v) is 9.81. The monoisotopic (exact) mass is 377 g/mol. The lowest BCUT2D eigenvalue weighted by atomic mass is 10.2. The fourth-order valence-electron chi connectivity index (χ4n) is 2.58. The predicted molar refractivity (Wildman–Crippen MR) is 99.7 cm³/mol. The highest BCUT2D eigenvalue weighted by Crippen LogP contribution is 2.18. The molecule has 1 fully saturated rings. The molecule has 0 unspecified atom stereocenters. The van der Waals surface area contributed by atoms with Crippen LogP contribution in [0.4, 0.5) is 11.6 Å². The largest absolute Gasteiger partial charge is 0.379 e. The Labute approximate surface area is 153 Å². The van der Waals surface area contributed by atoms with Crippen LogP contribution in [0, 0.1) is 0 Å². The van der Waals surface area contributed by atoms with Gasteiger partial charge in [0.2, 0.25) is 10.0 Å². The molecule has 8 nitrogen and oxygen atoms in total. The summed E-state index contributed by atoms with van der Waals surface area (Å²) in [6.07, 6.45) is 3.16. The van der Waals surface area contributed by atoms with Crippen molar-refractivity contribution in [3.8, 4) is 0 Å². The van der Waals surface area contributed by atoms with Crippen molar-refractivity contribution in [2.75, 3.05) is 50.6 Å². The lowest BCUT2D eigenvalue weighted by Crippen LogP contribution is -2.40. The summed E-state index contributed by atoms with van der Waals surface area (Å²) in [7, 11) is 0.367. The number of nitrogens with one attached hydrogen (secondary N) is 1. The van der Waals surface area contributed by atoms with Crippen molar-refractivity contribution >= 4 is 21.7 Å². The average molecular weight is 377 g/mol. The third-order valence-corrected chi connectivity index (χ3v) is 5.97. The number of morpholine rings is 1. The first-order valence-electron chi connectivity index (χ1n) is 8.37. The van der Waals surface area contributed by atoms with Crippen LogP contribution in [0.5, 0.6) is 0 Å². The highest BCUT2D eigenvalue weighted by Gasteiger charge is 2.26. The van der Waals surface area contributed by atoms with Crippen LogP contribution in [-0.2, 0) is 21.3 Å². The van der Waals surface area contributed by atoms with Crippen LogP contribution < -0.4 is 10.2 Å². The molecule has 3 heterocycles. The van der Waals surface area contributed by atoms with Crippen LogP contribution in [0.25, 0.3) is 0 Å². The smallest absolute Gasteiger partial charge is 0.244 e. The Morgan fingerprint density at radius 1 is 1.19 bits per heavy atom. The number of ether oxygens (including phenoxy) is 1. The van der Waals surface area contributed by atoms with Crippen molar-refractivity contribution in [1.29, 1.82) is 0 Å². The van der Waals surface area contributed by atoms with Crippen LogP contribution in [0.15, 0.2) is 41.6 Å². The van der Waals surface area contributed by atoms with Crippen LogP contribution in [0.1, 0.15) is 5.56 Å². The molecule has 1 aliphatic heterocycles. The molecule has 9 heteroatoms. The van der Waals surface area contributed by atoms with Crippen LogP contribution in [-0.4, -0.2) is 63.1 Å². The zero-order chi connectivity index (χ0) is 18.6. The number of hydrogen-bond donors (Lipinski definition) is 1. The van der Waals surface area contributed by atoms with Gasteiger partial charge < -0.3 is 15.0 Å². The van der Waals surface area contributed by atoms with Gasteiger partial charge in [0.05, 0.1) is 13.2 Å². The van der Waals surface area contributed by atoms with Gasteiger partial charge in [0, 0.05) is 46.1 Å². The van der Waals surface area contributed by atoms with Crippen LogP contribution >= 0.6 is 0 Å². The Morgan fingerprint density at radius 2 is 1.96 bits per heavy atom. The van der Waals surface area contributed by atoms with Gasteiger partial charge in [-0.05, 0) is 29.8 Å². The maximum absolute atomic E-state index is 12.6. The molecule has 0 aromatic carbocycles. The van der Waals surface area contributed by atoms with Gasteiger partial charge in [-0.25, -0.2) is 18.4 Å². The zero-order valence-electron chi connectivity index (χ0n) is 14.9. The summed E-state index contributed by atoms with van der Waals surface area (Å²) >= 11 is 0. The minimum Gasteiger partial charge on any atom is -0.379 e. The van der Waals surface area contributed by atoms with E-state index in [1.807, 2.05) is 31.1 Å². The van der Waals surface area contributed by atoms with E-state index in [9.17, 15) is 8.42 Å². The molecular weight excluding hydrogens is 354 g/mol. The van der Waals surface area contributed by atoms with E-state index < -0.39 is 10.0 Å². The van der Waals surface area contributed by atoms with Crippen molar-refractivity contribution in [3.05, 3.63) is 42.2 Å². The lowest BCUT2D eigenvalue weighted by molar-refractivity contribution is 0.0730. The highest BCUT2D eigenvalue weighted by atomic mass is 32.2. The topological polar surface area (TPSA) is 87.7 Å². The summed E-state index contributed by atoms with van der Waals surface area (Å²) in [5.41, 5.74) is 1.07. The zero-order valence-corrected chi connectivity index (χ0v) is 15.7. The van der Waals surface area contributed by atoms with Gasteiger partial charge in [0.15, 0.2) is 0 Å². The summed E-state index contributed by atoms with van der Waals surface area (Å²) < 4.78 is 31.8. The molecule has 3 rings (SSSR count). The number of hydrogen-bond acceptors (Lipinski definition) is 7. The molecule has 0 radical (unpaired) electrons. The van der Waals surface area contributed by atoms with Crippen molar-refractivity contribution in [3.63, 3.8) is 0 Å². The predicted octanol–water partition coefficient (Wildman–Crippen LogP) is 1.18. The molecule has 0 spiro atoms. The number of rotatable bonds is 6. The Hall–Kier alpha value is -2.23. The standard InChI is InChI=1S/C17H23N5O3S/c1-21(2)17-11-14(5-6-18-17)12-19-16-4-3-15(13-20-16)26(23,24)22-7-9-25-10-8-22/h3-6,11,13H,7-10,12H2,1-2H3,(H,19,20). The van der Waals surface area contributed by atoms with E-state index in [-0.39, 0.29) is 4.90 Å². The van der Waals surface area contributed by atoms with E-state index in [4.69, 9.17) is 4.74 Å². The molecular formula is C17H23N5O3S. The molecule has 2 aromatic rings. The third kappa shape index (κ3) is 4.29. The average Bonchev–Trinajstić information content (AvgIpc) is 2.67. The molecule has 0 bridgehead atoms. The Kier molecular flexibility index (Phi) is 5.70. The van der Waals surface area contributed by atoms with Gasteiger partial charge in [0.1, 0.15) is 16.5 Å². The molecule has 0 aliphatic carbocycles. The highest BCUT2D eigenvalue weighted by molar-refractivity contribution is 7.89. The Bertz CT molecular complexity index is 834. The fraction of sp³-hybridized carbons (Fsp3) is 0.412. The maximum atomic E-state index is 12.6. The summed E-state index contributed by atoms with van der Waals surface area (Å²) in [5.74, 6) is 1.50. The Balaban J connectivity index is 1.65. The van der Waals surface area contributed by atoms with E-state index in [1.54, 1.807) is 18.3 Å². The van der Waals surface area contributed by atoms with Gasteiger partial charge in [-0.3, -0.25) is 0 Å². The van der Waals surface area contributed by atoms with Crippen LogP contribution in [0.2, 0.25) is 0 Å². The van der Waals surface area contributed by atoms with Gasteiger partial charge in [-0.1, -0.05) is 0 Å². The number of pyridine rings is 2. The van der Waals surface area contributed by atoms with E-state index in [0.717, 1.165) is 11.4 Å². The maximum Gasteiger partial charge on any atom is 0.244 e. The molecule has 1 aliphatic rings. The van der Waals surface area contributed by atoms with E-state index >= 15 is 0 Å². The SMILES string of the molecule is CN(C)c1cc(CNc2ccc(S(=O)(=O)N3CCOCC3)cn2)ccn1. The first kappa shape index (κ1) is 18.6. The van der Waals surface area contributed by atoms with Crippen molar-refractivity contribution in [2.24, 2.45) is 0 Å². The minimum atomic E-state index is -3.51. The molecule has 1 saturated heterocycles. The van der Waals surface area contributed by atoms with Gasteiger partial charge in [0.25, 0.3) is 0 Å². The molecule has 0 amide bonds. The second-order valence-corrected chi connectivity index (χ2v) is 8.10. The summed E-state index contributed by atoms with van der Waals surface area (Å²) in [6.45, 7) is 2.17. The van der Waals surface area contributed by atoms with Crippen LogP contribution in [0.3, 0.4) is 0 Å². The molecule has 26 heavy (non-hydrogen) atoms. The summed E-state index contributed by atoms with van der Waals surface area (Å²) in [5, 5.41) is 3.20. The van der Waals surface area contributed by atoms with E-state index in [2.05, 4.69) is 15.3 Å². The van der Waals surface area contributed by atoms with Crippen molar-refractivity contribution < 1.29 is 13.2 Å². The normalized spacial score (nSPS) is 15.6. The third-order valence-electron chi connectivity index (χ3n) is 4.09. The van der Waals surface area contributed by atoms with Crippen molar-refractivity contribution in [2.45, 2.75) is 11.4 Å². The van der Waals surface area contributed by atoms with Crippen molar-refractivity contribution in [1.82, 2.24) is 14.3 Å². The summed E-state index contributed by atoms with van der Waals surface area (Å²) in [6, 6.07) is 7.18. The molecule has 1 N–H and O–H groups in total. The molecule has 140 valence electrons. The minimum absolute atomic E-state index is 0.198. The van der Waals surface area contributed by atoms with E-state index in [1.165, 1.54) is 10.5 Å². The fourth-order valence-corrected chi connectivity index (χ4v) is 3.94. The first-order chi connectivity index (χ1) is 12.5. The second kappa shape index (κ2) is 7.98. The van der Waals surface area contributed by atoms with Gasteiger partial charge in [-0.15, -0.1) is 0 Å². The molecule has 2 aromatic heterocycles. The number of sulfonamides is 1. The van der Waals surface area contributed by atoms with Gasteiger partial charge in [-0.2, -0.15) is 4.31 Å². The lowest BCUT2D eigenvalue weighted by Gasteiger charge is -2.25. The van der Waals surface area contributed by atoms with Gasteiger partial charge >= 0.3 is 0 Å². The number of aromatic nitrogens is 2. The Morgan fingerprint density at radius 3 is 2.62 bits per heavy atom. The number of anilines is 2. The quantitative estimate of drug-likeness (QED) is 0.809. The number of nitrogens with zero attached hydrogens (tertiary/aromatic N) is 4. The second-order valence-electron chi connectivity index (χ2n) is 6.17. The van der Waals surface area contributed by atoms with E-state index in [0.29, 0.717) is 38.7 Å². The molecule has 0 saturated carbocycles. The summed E-state index contributed by atoms with van der Waals surface area (Å²) in [4.78, 5) is 10.7. The molecule has 0 atom stereocenters.